The molecule has 0 aliphatic carbocycles. The zero-order chi connectivity index (χ0) is 27.6. The maximum Gasteiger partial charge on any atom is 0.331 e. The van der Waals surface area contributed by atoms with Gasteiger partial charge in [-0.15, -0.1) is 0 Å². The van der Waals surface area contributed by atoms with Gasteiger partial charge in [0, 0.05) is 97.4 Å². The van der Waals surface area contributed by atoms with Gasteiger partial charge in [0.1, 0.15) is 0 Å². The molecule has 0 rings (SSSR count). The minimum atomic E-state index is -1.02. The summed E-state index contributed by atoms with van der Waals surface area (Å²) in [6.45, 7) is 3.31. The van der Waals surface area contributed by atoms with E-state index < -0.39 is 5.95 Å². The van der Waals surface area contributed by atoms with Crippen LogP contribution >= 0.6 is 0 Å². The summed E-state index contributed by atoms with van der Waals surface area (Å²) in [6, 6.07) is 0. The van der Waals surface area contributed by atoms with Gasteiger partial charge in [0.2, 0.25) is 0 Å². The maximum absolute atomic E-state index is 8.37. The van der Waals surface area contributed by atoms with E-state index >= 15 is 0 Å². The first-order valence-corrected chi connectivity index (χ1v) is 9.30. The second kappa shape index (κ2) is 26.9. The number of aliphatic hydroxyl groups is 2. The molecule has 0 aliphatic heterocycles. The summed E-state index contributed by atoms with van der Waals surface area (Å²) in [5.74, 6) is -1.02. The Hall–Kier alpha value is -8.14. The highest BCUT2D eigenvalue weighted by atomic mass is 16.5. The summed E-state index contributed by atoms with van der Waals surface area (Å²) < 4.78 is 0. The molecule has 0 aromatic rings. The standard InChI is InChI=1S/C36H4O2/c1-2-3-4-5-6-7-8-9-10-11-12-13-14-15-16-17-18-19-20-21-22-23-24-25-26-27-28-29-30-31-32-33-34-35-36(37)38/h37-38H,1H2. The maximum atomic E-state index is 8.37. The van der Waals surface area contributed by atoms with Crippen LogP contribution in [0.15, 0.2) is 207 Å². The van der Waals surface area contributed by atoms with Crippen molar-refractivity contribution in [2.75, 3.05) is 0 Å². The molecule has 0 spiro atoms. The van der Waals surface area contributed by atoms with E-state index in [0.29, 0.717) is 0 Å². The van der Waals surface area contributed by atoms with Crippen molar-refractivity contribution < 1.29 is 10.2 Å². The smallest absolute Gasteiger partial charge is 0.331 e. The molecule has 0 saturated heterocycles. The van der Waals surface area contributed by atoms with Gasteiger partial charge >= 0.3 is 5.95 Å². The van der Waals surface area contributed by atoms with Gasteiger partial charge in [0.15, 0.2) is 0 Å². The van der Waals surface area contributed by atoms with E-state index in [1.54, 1.807) is 0 Å². The number of hydrogen-bond donors (Lipinski definition) is 2. The normalized spacial score (nSPS) is 4.21. The van der Waals surface area contributed by atoms with Crippen LogP contribution in [-0.4, -0.2) is 10.2 Å². The molecular formula is C36H4O2. The zero-order valence-electron chi connectivity index (χ0n) is 19.1. The average Bonchev–Trinajstić information content (AvgIpc) is 2.91. The summed E-state index contributed by atoms with van der Waals surface area (Å²) in [5, 5.41) is 16.7. The van der Waals surface area contributed by atoms with E-state index in [1.807, 2.05) is 5.73 Å². The van der Waals surface area contributed by atoms with Crippen LogP contribution in [0.25, 0.3) is 0 Å². The van der Waals surface area contributed by atoms with Gasteiger partial charge in [-0.05, 0) is 98.3 Å². The van der Waals surface area contributed by atoms with Crippen LogP contribution in [0.1, 0.15) is 0 Å². The van der Waals surface area contributed by atoms with Crippen LogP contribution in [0, 0.1) is 0 Å². The highest BCUT2D eigenvalue weighted by molar-refractivity contribution is 4.95. The molecule has 0 radical (unpaired) electrons. The number of hydrogen-bond acceptors (Lipinski definition) is 2. The Morgan fingerprint density at radius 2 is 0.421 bits per heavy atom. The quantitative estimate of drug-likeness (QED) is 0.346. The lowest BCUT2D eigenvalue weighted by molar-refractivity contribution is 0.193. The molecule has 2 heteroatoms. The van der Waals surface area contributed by atoms with Crippen LogP contribution in [0.2, 0.25) is 0 Å². The Morgan fingerprint density at radius 3 is 0.579 bits per heavy atom. The Morgan fingerprint density at radius 1 is 0.263 bits per heavy atom. The minimum absolute atomic E-state index is 1.02. The van der Waals surface area contributed by atoms with Crippen LogP contribution in [0.4, 0.5) is 0 Å². The monoisotopic (exact) mass is 468 g/mol. The van der Waals surface area contributed by atoms with Crippen LogP contribution in [-0.2, 0) is 0 Å². The molecule has 0 amide bonds. The molecule has 2 N–H and O–H groups in total. The van der Waals surface area contributed by atoms with Gasteiger partial charge in [-0.1, -0.05) is 5.73 Å². The Balaban J connectivity index is 6.00. The molecule has 38 heavy (non-hydrogen) atoms. The van der Waals surface area contributed by atoms with Crippen molar-refractivity contribution in [2.45, 2.75) is 0 Å². The lowest BCUT2D eigenvalue weighted by Crippen LogP contribution is -1.65. The number of aliphatic hydroxyl groups excluding tert-OH is 1. The third kappa shape index (κ3) is 27.9. The predicted molar refractivity (Wildman–Crippen MR) is 134 cm³/mol. The molecule has 0 aliphatic rings. The van der Waals surface area contributed by atoms with Crippen molar-refractivity contribution in [1.82, 2.24) is 0 Å². The fourth-order valence-corrected chi connectivity index (χ4v) is 1.07. The first-order chi connectivity index (χ1) is 18.8. The van der Waals surface area contributed by atoms with Crippen LogP contribution < -0.4 is 0 Å². The Bertz CT molecular complexity index is 2360. The van der Waals surface area contributed by atoms with Crippen LogP contribution in [0.3, 0.4) is 0 Å². The molecule has 0 fully saturated rings. The average molecular weight is 468 g/mol. The van der Waals surface area contributed by atoms with Crippen molar-refractivity contribution in [2.24, 2.45) is 0 Å². The molecule has 0 aromatic carbocycles. The Kier molecular flexibility index (Phi) is 21.1. The minimum Gasteiger partial charge on any atom is -0.474 e. The van der Waals surface area contributed by atoms with Gasteiger partial charge in [-0.3, -0.25) is 0 Å². The van der Waals surface area contributed by atoms with Crippen molar-refractivity contribution in [1.29, 1.82) is 0 Å². The molecule has 0 atom stereocenters. The molecule has 0 unspecified atom stereocenters. The lowest BCUT2D eigenvalue weighted by atomic mass is 10.6. The second-order valence-corrected chi connectivity index (χ2v) is 4.63. The van der Waals surface area contributed by atoms with E-state index in [4.69, 9.17) is 10.2 Å². The molecule has 0 bridgehead atoms. The van der Waals surface area contributed by atoms with E-state index in [-0.39, 0.29) is 0 Å². The van der Waals surface area contributed by atoms with Crippen LogP contribution in [0.5, 0.6) is 0 Å². The molecule has 0 saturated carbocycles. The van der Waals surface area contributed by atoms with Gasteiger partial charge in [0.05, 0.1) is 0 Å². The molecule has 2 nitrogen and oxygen atoms in total. The highest BCUT2D eigenvalue weighted by Crippen LogP contribution is 1.67. The highest BCUT2D eigenvalue weighted by Gasteiger charge is 1.67. The van der Waals surface area contributed by atoms with Crippen molar-refractivity contribution in [3.05, 3.63) is 207 Å². The second-order valence-electron chi connectivity index (χ2n) is 4.63. The fourth-order valence-electron chi connectivity index (χ4n) is 1.07. The summed E-state index contributed by atoms with van der Waals surface area (Å²) in [5.41, 5.74) is 82.6. The third-order valence-electron chi connectivity index (χ3n) is 2.20. The first kappa shape index (κ1) is 29.9. The third-order valence-corrected chi connectivity index (χ3v) is 2.20. The lowest BCUT2D eigenvalue weighted by Gasteiger charge is -1.69. The van der Waals surface area contributed by atoms with Crippen molar-refractivity contribution in [3.8, 4) is 0 Å². The molecule has 0 aromatic heterocycles. The van der Waals surface area contributed by atoms with E-state index in [0.717, 1.165) is 0 Å². The van der Waals surface area contributed by atoms with Crippen molar-refractivity contribution >= 4 is 0 Å². The largest absolute Gasteiger partial charge is 0.474 e. The molecule has 0 heterocycles. The van der Waals surface area contributed by atoms with E-state index in [1.165, 1.54) is 0 Å². The zero-order valence-corrected chi connectivity index (χ0v) is 19.1. The number of rotatable bonds is 0. The fraction of sp³-hybridized carbons (Fsp3) is 0. The molecule has 160 valence electrons. The van der Waals surface area contributed by atoms with Gasteiger partial charge < -0.3 is 10.2 Å². The van der Waals surface area contributed by atoms with Gasteiger partial charge in [-0.25, -0.2) is 0 Å². The summed E-state index contributed by atoms with van der Waals surface area (Å²) >= 11 is 0. The summed E-state index contributed by atoms with van der Waals surface area (Å²) in [4.78, 5) is 0. The van der Waals surface area contributed by atoms with E-state index in [9.17, 15) is 0 Å². The van der Waals surface area contributed by atoms with E-state index in [2.05, 4.69) is 196 Å². The first-order valence-electron chi connectivity index (χ1n) is 9.30. The predicted octanol–water partition coefficient (Wildman–Crippen LogP) is 5.85. The summed E-state index contributed by atoms with van der Waals surface area (Å²) in [7, 11) is 0. The Labute approximate surface area is 217 Å². The van der Waals surface area contributed by atoms with Gasteiger partial charge in [0.25, 0.3) is 0 Å². The topological polar surface area (TPSA) is 40.5 Å². The molecular weight excluding hydrogens is 464 g/mol. The van der Waals surface area contributed by atoms with Crippen molar-refractivity contribution in [3.63, 3.8) is 0 Å². The SMILES string of the molecule is C=C=C=C=C=C=C=C=C=C=C=C=C=C=C=C=C=C=C=C=C=C=C=C=C=C=C=C=C=C=C=C=C=C=C=C(O)O. The summed E-state index contributed by atoms with van der Waals surface area (Å²) in [6.07, 6.45) is 0. The van der Waals surface area contributed by atoms with Gasteiger partial charge in [-0.2, -0.15) is 0 Å².